The summed E-state index contributed by atoms with van der Waals surface area (Å²) < 4.78 is 23.0. The predicted octanol–water partition coefficient (Wildman–Crippen LogP) is 3.78. The lowest BCUT2D eigenvalue weighted by atomic mass is 10.00. The number of aromatic nitrogens is 5. The summed E-state index contributed by atoms with van der Waals surface area (Å²) in [6.07, 6.45) is 3.09. The number of aliphatic hydroxyl groups is 1. The van der Waals surface area contributed by atoms with Gasteiger partial charge in [0.2, 0.25) is 5.91 Å². The van der Waals surface area contributed by atoms with Crippen molar-refractivity contribution >= 4 is 28.3 Å². The minimum atomic E-state index is -1.74. The molecule has 0 aliphatic heterocycles. The van der Waals surface area contributed by atoms with Crippen molar-refractivity contribution in [1.29, 1.82) is 0 Å². The van der Waals surface area contributed by atoms with E-state index < -0.39 is 18.2 Å². The Morgan fingerprint density at radius 1 is 1.31 bits per heavy atom. The number of anilines is 1. The molecule has 4 heterocycles. The number of aryl methyl sites for hydroxylation is 1. The Morgan fingerprint density at radius 2 is 2.12 bits per heavy atom. The molecule has 0 spiro atoms. The third kappa shape index (κ3) is 3.58. The Morgan fingerprint density at radius 3 is 2.84 bits per heavy atom. The molecule has 32 heavy (non-hydrogen) atoms. The summed E-state index contributed by atoms with van der Waals surface area (Å²) >= 11 is 0. The molecule has 1 unspecified atom stereocenters. The van der Waals surface area contributed by atoms with Gasteiger partial charge in [-0.05, 0) is 37.5 Å². The van der Waals surface area contributed by atoms with Gasteiger partial charge in [-0.1, -0.05) is 13.3 Å². The number of hydrogen-bond donors (Lipinski definition) is 2. The standard InChI is InChI=1S/C23H23FN6O2/c1-3-4-20(31)18-5-12(2)16(10-25-18)14-6-13-9-26-21(29-23(32)15-7-17(15)24)8-19(13)30-22(14)27-11-28-30/h5-6,8-11,15,17,20,31H,3-4,7H2,1-2H3,(H,26,29,32)/t15-,17+,20?/m0/s1/i20D. The van der Waals surface area contributed by atoms with Crippen LogP contribution < -0.4 is 5.32 Å². The molecule has 0 radical (unpaired) electrons. The first kappa shape index (κ1) is 19.2. The quantitative estimate of drug-likeness (QED) is 0.478. The van der Waals surface area contributed by atoms with Gasteiger partial charge in [-0.3, -0.25) is 9.78 Å². The van der Waals surface area contributed by atoms with Gasteiger partial charge < -0.3 is 10.4 Å². The highest BCUT2D eigenvalue weighted by Crippen LogP contribution is 2.35. The number of rotatable bonds is 6. The van der Waals surface area contributed by atoms with Gasteiger partial charge in [-0.2, -0.15) is 5.10 Å². The molecule has 4 aromatic heterocycles. The molecule has 8 nitrogen and oxygen atoms in total. The summed E-state index contributed by atoms with van der Waals surface area (Å²) in [5.74, 6) is -0.655. The van der Waals surface area contributed by atoms with Crippen molar-refractivity contribution in [2.75, 3.05) is 5.32 Å². The molecule has 4 aromatic rings. The van der Waals surface area contributed by atoms with Crippen molar-refractivity contribution in [1.82, 2.24) is 24.6 Å². The van der Waals surface area contributed by atoms with Gasteiger partial charge in [0, 0.05) is 35.0 Å². The summed E-state index contributed by atoms with van der Waals surface area (Å²) in [4.78, 5) is 25.2. The Kier molecular flexibility index (Phi) is 4.75. The van der Waals surface area contributed by atoms with Crippen molar-refractivity contribution in [3.63, 3.8) is 0 Å². The second kappa shape index (κ2) is 7.90. The number of carbonyl (C=O) groups excluding carboxylic acids is 1. The lowest BCUT2D eigenvalue weighted by Crippen LogP contribution is -2.16. The van der Waals surface area contributed by atoms with E-state index in [1.165, 1.54) is 6.33 Å². The molecule has 2 N–H and O–H groups in total. The summed E-state index contributed by atoms with van der Waals surface area (Å²) in [5.41, 5.74) is 3.99. The first-order chi connectivity index (χ1) is 15.8. The van der Waals surface area contributed by atoms with Crippen molar-refractivity contribution < 1.29 is 15.7 Å². The predicted molar refractivity (Wildman–Crippen MR) is 118 cm³/mol. The molecule has 1 amide bonds. The summed E-state index contributed by atoms with van der Waals surface area (Å²) in [6.45, 7) is 3.80. The van der Waals surface area contributed by atoms with Crippen LogP contribution in [0, 0.1) is 12.8 Å². The van der Waals surface area contributed by atoms with Crippen LogP contribution >= 0.6 is 0 Å². The van der Waals surface area contributed by atoms with Gasteiger partial charge in [0.15, 0.2) is 5.65 Å². The zero-order chi connectivity index (χ0) is 23.3. The maximum atomic E-state index is 13.2. The third-order valence-corrected chi connectivity index (χ3v) is 5.71. The maximum Gasteiger partial charge on any atom is 0.231 e. The van der Waals surface area contributed by atoms with Crippen LogP contribution in [0.15, 0.2) is 36.9 Å². The van der Waals surface area contributed by atoms with Gasteiger partial charge in [-0.25, -0.2) is 18.9 Å². The van der Waals surface area contributed by atoms with Crippen molar-refractivity contribution in [2.45, 2.75) is 45.4 Å². The van der Waals surface area contributed by atoms with E-state index in [1.54, 1.807) is 29.0 Å². The lowest BCUT2D eigenvalue weighted by Gasteiger charge is -2.14. The maximum absolute atomic E-state index is 13.2. The fourth-order valence-corrected chi connectivity index (χ4v) is 3.85. The molecule has 9 heteroatoms. The van der Waals surface area contributed by atoms with Crippen LogP contribution in [0.5, 0.6) is 0 Å². The van der Waals surface area contributed by atoms with Gasteiger partial charge in [0.25, 0.3) is 0 Å². The van der Waals surface area contributed by atoms with Crippen LogP contribution in [0.1, 0.15) is 44.9 Å². The Balaban J connectivity index is 1.56. The SMILES string of the molecule is [2H]C(O)(CCC)c1cc(C)c(-c2cc3cnc(NC(=O)[C@H]4C[C@H]4F)cc3n3ncnc23)cn1. The van der Waals surface area contributed by atoms with Crippen LogP contribution in [0.4, 0.5) is 10.2 Å². The molecule has 3 atom stereocenters. The molecule has 0 bridgehead atoms. The Hall–Kier alpha value is -3.46. The number of nitrogens with one attached hydrogen (secondary N) is 1. The fraction of sp³-hybridized carbons (Fsp3) is 0.348. The minimum absolute atomic E-state index is 0.248. The van der Waals surface area contributed by atoms with Gasteiger partial charge in [0.1, 0.15) is 18.3 Å². The number of amides is 1. The first-order valence-corrected chi connectivity index (χ1v) is 10.6. The largest absolute Gasteiger partial charge is 0.387 e. The molecular formula is C23H23FN6O2. The smallest absolute Gasteiger partial charge is 0.231 e. The molecule has 1 aliphatic rings. The van der Waals surface area contributed by atoms with Gasteiger partial charge in [-0.15, -0.1) is 0 Å². The molecule has 1 saturated carbocycles. The molecule has 5 rings (SSSR count). The first-order valence-electron chi connectivity index (χ1n) is 11.1. The van der Waals surface area contributed by atoms with Crippen LogP contribution in [-0.4, -0.2) is 41.8 Å². The fourth-order valence-electron chi connectivity index (χ4n) is 3.85. The van der Waals surface area contributed by atoms with Crippen molar-refractivity contribution in [2.24, 2.45) is 5.92 Å². The summed E-state index contributed by atoms with van der Waals surface area (Å²) in [7, 11) is 0. The number of fused-ring (bicyclic) bond motifs is 3. The minimum Gasteiger partial charge on any atom is -0.387 e. The third-order valence-electron chi connectivity index (χ3n) is 5.71. The van der Waals surface area contributed by atoms with E-state index in [0.717, 1.165) is 22.1 Å². The number of alkyl halides is 1. The number of carbonyl (C=O) groups is 1. The van der Waals surface area contributed by atoms with Crippen LogP contribution in [0.25, 0.3) is 27.7 Å². The molecule has 0 aromatic carbocycles. The number of pyridine rings is 3. The van der Waals surface area contributed by atoms with Crippen LogP contribution in [0.3, 0.4) is 0 Å². The van der Waals surface area contributed by atoms with Crippen LogP contribution in [-0.2, 0) is 4.79 Å². The van der Waals surface area contributed by atoms with E-state index >= 15 is 0 Å². The second-order valence-corrected chi connectivity index (χ2v) is 8.11. The van der Waals surface area contributed by atoms with E-state index in [-0.39, 0.29) is 12.3 Å². The summed E-state index contributed by atoms with van der Waals surface area (Å²) in [5, 5.41) is 18.2. The zero-order valence-corrected chi connectivity index (χ0v) is 17.7. The van der Waals surface area contributed by atoms with Crippen LogP contribution in [0.2, 0.25) is 0 Å². The van der Waals surface area contributed by atoms with E-state index in [4.69, 9.17) is 1.37 Å². The molecular weight excluding hydrogens is 411 g/mol. The number of hydrogen-bond acceptors (Lipinski definition) is 6. The molecule has 0 saturated heterocycles. The van der Waals surface area contributed by atoms with Gasteiger partial charge in [0.05, 0.1) is 24.6 Å². The van der Waals surface area contributed by atoms with E-state index in [2.05, 4.69) is 25.4 Å². The van der Waals surface area contributed by atoms with Crippen molar-refractivity contribution in [3.05, 3.63) is 48.2 Å². The van der Waals surface area contributed by atoms with Crippen molar-refractivity contribution in [3.8, 4) is 11.1 Å². The Bertz CT molecular complexity index is 1390. The van der Waals surface area contributed by atoms with Gasteiger partial charge >= 0.3 is 0 Å². The van der Waals surface area contributed by atoms with E-state index in [9.17, 15) is 14.3 Å². The molecule has 1 aliphatic carbocycles. The highest BCUT2D eigenvalue weighted by atomic mass is 19.1. The highest BCUT2D eigenvalue weighted by Gasteiger charge is 2.43. The average Bonchev–Trinajstić information content (AvgIpc) is 3.30. The zero-order valence-electron chi connectivity index (χ0n) is 18.7. The monoisotopic (exact) mass is 435 g/mol. The average molecular weight is 435 g/mol. The topological polar surface area (TPSA) is 105 Å². The van der Waals surface area contributed by atoms with E-state index in [0.29, 0.717) is 35.5 Å². The second-order valence-electron chi connectivity index (χ2n) is 8.11. The highest BCUT2D eigenvalue weighted by molar-refractivity contribution is 5.97. The number of halogens is 1. The molecule has 1 fully saturated rings. The number of nitrogens with zero attached hydrogens (tertiary/aromatic N) is 5. The van der Waals surface area contributed by atoms with E-state index in [1.807, 2.05) is 19.9 Å². The Labute approximate surface area is 184 Å². The lowest BCUT2D eigenvalue weighted by molar-refractivity contribution is -0.117. The molecule has 164 valence electrons. The summed E-state index contributed by atoms with van der Waals surface area (Å²) in [6, 6.07) is 5.33. The normalized spacial score (nSPS) is 20.2.